The minimum absolute atomic E-state index is 0.0939. The van der Waals surface area contributed by atoms with E-state index in [0.717, 1.165) is 17.9 Å². The molecule has 0 radical (unpaired) electrons. The Morgan fingerprint density at radius 2 is 2.19 bits per heavy atom. The van der Waals surface area contributed by atoms with Gasteiger partial charge in [0.15, 0.2) is 0 Å². The fourth-order valence-electron chi connectivity index (χ4n) is 1.98. The molecule has 0 aliphatic heterocycles. The molecule has 1 N–H and O–H groups in total. The second-order valence-electron chi connectivity index (χ2n) is 4.93. The zero-order chi connectivity index (χ0) is 15.4. The molecule has 7 nitrogen and oxygen atoms in total. The topological polar surface area (TPSA) is 81.4 Å². The third-order valence-electron chi connectivity index (χ3n) is 3.45. The Balaban J connectivity index is 2.22. The molecule has 7 heteroatoms. The highest BCUT2D eigenvalue weighted by Crippen LogP contribution is 2.16. The van der Waals surface area contributed by atoms with Crippen LogP contribution in [0.15, 0.2) is 12.4 Å². The molecular formula is C14H21N5O2. The molecule has 0 spiro atoms. The Morgan fingerprint density at radius 3 is 2.86 bits per heavy atom. The lowest BCUT2D eigenvalue weighted by molar-refractivity contribution is -0.147. The van der Waals surface area contributed by atoms with E-state index in [1.807, 2.05) is 26.8 Å². The van der Waals surface area contributed by atoms with Crippen molar-refractivity contribution in [3.05, 3.63) is 18.1 Å². The summed E-state index contributed by atoms with van der Waals surface area (Å²) in [5.74, 6) is 0.852. The lowest BCUT2D eigenvalue weighted by Gasteiger charge is -2.21. The third kappa shape index (κ3) is 3.29. The first-order valence-electron chi connectivity index (χ1n) is 7.19. The number of hydrogen-bond acceptors (Lipinski definition) is 6. The number of rotatable bonds is 6. The summed E-state index contributed by atoms with van der Waals surface area (Å²) in [6.07, 6.45) is 2.27. The van der Waals surface area contributed by atoms with Gasteiger partial charge in [0.2, 0.25) is 0 Å². The van der Waals surface area contributed by atoms with Gasteiger partial charge in [-0.2, -0.15) is 14.6 Å². The molecule has 0 fully saturated rings. The third-order valence-corrected chi connectivity index (χ3v) is 3.45. The molecule has 2 heterocycles. The first kappa shape index (κ1) is 15.2. The number of nitrogens with one attached hydrogen (secondary N) is 1. The van der Waals surface area contributed by atoms with Crippen molar-refractivity contribution in [2.24, 2.45) is 5.92 Å². The summed E-state index contributed by atoms with van der Waals surface area (Å²) in [6.45, 7) is 8.01. The van der Waals surface area contributed by atoms with E-state index >= 15 is 0 Å². The highest BCUT2D eigenvalue weighted by molar-refractivity contribution is 5.73. The van der Waals surface area contributed by atoms with E-state index < -0.39 is 0 Å². The number of aromatic nitrogens is 4. The fourth-order valence-corrected chi connectivity index (χ4v) is 1.98. The molecule has 0 bridgehead atoms. The van der Waals surface area contributed by atoms with Gasteiger partial charge < -0.3 is 10.1 Å². The Hall–Kier alpha value is -2.18. The van der Waals surface area contributed by atoms with Crippen molar-refractivity contribution in [3.8, 4) is 0 Å². The van der Waals surface area contributed by atoms with E-state index in [0.29, 0.717) is 12.4 Å². The molecule has 0 amide bonds. The Kier molecular flexibility index (Phi) is 4.72. The summed E-state index contributed by atoms with van der Waals surface area (Å²) in [5, 5.41) is 7.46. The van der Waals surface area contributed by atoms with E-state index in [9.17, 15) is 4.79 Å². The average molecular weight is 291 g/mol. The molecule has 2 aromatic rings. The molecule has 0 saturated heterocycles. The number of esters is 1. The predicted molar refractivity (Wildman–Crippen MR) is 79.0 cm³/mol. The number of nitrogens with zero attached hydrogens (tertiary/aromatic N) is 4. The van der Waals surface area contributed by atoms with Gasteiger partial charge in [0.05, 0.1) is 12.5 Å². The number of carbonyl (C=O) groups excluding carboxylic acids is 1. The van der Waals surface area contributed by atoms with Crippen molar-refractivity contribution < 1.29 is 9.53 Å². The number of carbonyl (C=O) groups is 1. The molecule has 0 saturated carbocycles. The van der Waals surface area contributed by atoms with E-state index in [1.54, 1.807) is 11.4 Å². The summed E-state index contributed by atoms with van der Waals surface area (Å²) >= 11 is 0. The number of aryl methyl sites for hydroxylation is 1. The molecule has 114 valence electrons. The second-order valence-corrected chi connectivity index (χ2v) is 4.93. The van der Waals surface area contributed by atoms with Gasteiger partial charge in [0.1, 0.15) is 12.1 Å². The largest absolute Gasteiger partial charge is 0.466 e. The van der Waals surface area contributed by atoms with Gasteiger partial charge in [-0.05, 0) is 27.2 Å². The maximum Gasteiger partial charge on any atom is 0.310 e. The van der Waals surface area contributed by atoms with Crippen molar-refractivity contribution in [1.82, 2.24) is 19.6 Å². The van der Waals surface area contributed by atoms with E-state index in [4.69, 9.17) is 4.74 Å². The average Bonchev–Trinajstić information content (AvgIpc) is 2.94. The Labute approximate surface area is 123 Å². The highest BCUT2D eigenvalue weighted by atomic mass is 16.5. The van der Waals surface area contributed by atoms with Gasteiger partial charge in [-0.25, -0.2) is 4.98 Å². The summed E-state index contributed by atoms with van der Waals surface area (Å²) in [7, 11) is 0. The molecule has 0 unspecified atom stereocenters. The smallest absolute Gasteiger partial charge is 0.310 e. The predicted octanol–water partition coefficient (Wildman–Crippen LogP) is 1.69. The van der Waals surface area contributed by atoms with Crippen molar-refractivity contribution in [2.75, 3.05) is 11.9 Å². The maximum absolute atomic E-state index is 11.8. The van der Waals surface area contributed by atoms with Gasteiger partial charge in [-0.3, -0.25) is 4.79 Å². The number of hydrogen-bond donors (Lipinski definition) is 1. The van der Waals surface area contributed by atoms with Crippen LogP contribution in [0.25, 0.3) is 5.78 Å². The van der Waals surface area contributed by atoms with Gasteiger partial charge in [-0.15, -0.1) is 0 Å². The molecule has 0 aromatic carbocycles. The summed E-state index contributed by atoms with van der Waals surface area (Å²) in [5.41, 5.74) is 0.925. The number of fused-ring (bicyclic) bond motifs is 1. The number of ether oxygens (including phenoxy) is 1. The molecule has 2 rings (SSSR count). The Bertz CT molecular complexity index is 625. The monoisotopic (exact) mass is 291 g/mol. The summed E-state index contributed by atoms with van der Waals surface area (Å²) in [4.78, 5) is 20.3. The van der Waals surface area contributed by atoms with Crippen LogP contribution in [-0.4, -0.2) is 38.2 Å². The minimum Gasteiger partial charge on any atom is -0.466 e. The standard InChI is InChI=1S/C14H21N5O2/c1-5-11-7-12(19-14(18-11)15-8-16-19)17-10(4)9(3)13(20)21-6-2/h7-10,17H,5-6H2,1-4H3/t9-,10+/m1/s1. The van der Waals surface area contributed by atoms with Crippen LogP contribution in [0.2, 0.25) is 0 Å². The van der Waals surface area contributed by atoms with Crippen LogP contribution in [0.4, 0.5) is 5.82 Å². The molecule has 2 atom stereocenters. The minimum atomic E-state index is -0.262. The zero-order valence-corrected chi connectivity index (χ0v) is 12.8. The van der Waals surface area contributed by atoms with Crippen molar-refractivity contribution in [2.45, 2.75) is 40.2 Å². The molecule has 2 aromatic heterocycles. The first-order valence-corrected chi connectivity index (χ1v) is 7.19. The van der Waals surface area contributed by atoms with Crippen LogP contribution < -0.4 is 5.32 Å². The second kappa shape index (κ2) is 6.51. The first-order chi connectivity index (χ1) is 10.1. The van der Waals surface area contributed by atoms with Crippen molar-refractivity contribution in [1.29, 1.82) is 0 Å². The maximum atomic E-state index is 11.8. The SMILES string of the molecule is CCOC(=O)[C@H](C)[C@H](C)Nc1cc(CC)nc2ncnn12. The van der Waals surface area contributed by atoms with Crippen LogP contribution in [0.5, 0.6) is 0 Å². The molecular weight excluding hydrogens is 270 g/mol. The highest BCUT2D eigenvalue weighted by Gasteiger charge is 2.22. The fraction of sp³-hybridized carbons (Fsp3) is 0.571. The van der Waals surface area contributed by atoms with Crippen LogP contribution >= 0.6 is 0 Å². The van der Waals surface area contributed by atoms with Crippen molar-refractivity contribution >= 4 is 17.6 Å². The lowest BCUT2D eigenvalue weighted by atomic mass is 10.0. The van der Waals surface area contributed by atoms with Gasteiger partial charge in [-0.1, -0.05) is 6.92 Å². The van der Waals surface area contributed by atoms with Crippen LogP contribution in [0, 0.1) is 5.92 Å². The van der Waals surface area contributed by atoms with E-state index in [2.05, 4.69) is 20.4 Å². The van der Waals surface area contributed by atoms with E-state index in [1.165, 1.54) is 6.33 Å². The van der Waals surface area contributed by atoms with Gasteiger partial charge >= 0.3 is 5.97 Å². The summed E-state index contributed by atoms with van der Waals surface area (Å²) in [6, 6.07) is 1.83. The van der Waals surface area contributed by atoms with Gasteiger partial charge in [0.25, 0.3) is 5.78 Å². The molecule has 0 aliphatic carbocycles. The Morgan fingerprint density at radius 1 is 1.43 bits per heavy atom. The van der Waals surface area contributed by atoms with Crippen molar-refractivity contribution in [3.63, 3.8) is 0 Å². The molecule has 21 heavy (non-hydrogen) atoms. The van der Waals surface area contributed by atoms with E-state index in [-0.39, 0.29) is 17.9 Å². The van der Waals surface area contributed by atoms with Crippen LogP contribution in [0.1, 0.15) is 33.4 Å². The zero-order valence-electron chi connectivity index (χ0n) is 12.8. The lowest BCUT2D eigenvalue weighted by Crippen LogP contribution is -2.32. The van der Waals surface area contributed by atoms with Gasteiger partial charge in [0, 0.05) is 17.8 Å². The normalized spacial score (nSPS) is 13.9. The number of anilines is 1. The summed E-state index contributed by atoms with van der Waals surface area (Å²) < 4.78 is 6.69. The molecule has 0 aliphatic rings. The quantitative estimate of drug-likeness (QED) is 0.816. The van der Waals surface area contributed by atoms with Crippen LogP contribution in [-0.2, 0) is 16.0 Å². The van der Waals surface area contributed by atoms with Crippen LogP contribution in [0.3, 0.4) is 0 Å².